The number of carbonyl (C=O) groups excluding carboxylic acids is 1. The van der Waals surface area contributed by atoms with E-state index in [0.29, 0.717) is 24.2 Å². The Bertz CT molecular complexity index is 797. The summed E-state index contributed by atoms with van der Waals surface area (Å²) in [5, 5.41) is 19.4. The van der Waals surface area contributed by atoms with Crippen LogP contribution < -0.4 is 5.32 Å². The Hall–Kier alpha value is -2.44. The molecule has 24 heavy (non-hydrogen) atoms. The molecule has 0 fully saturated rings. The molecule has 1 unspecified atom stereocenters. The number of carbonyl (C=O) groups is 1. The van der Waals surface area contributed by atoms with Crippen LogP contribution in [0, 0.1) is 0 Å². The lowest BCUT2D eigenvalue weighted by molar-refractivity contribution is 0.0943. The lowest BCUT2D eigenvalue weighted by Gasteiger charge is -2.11. The molecule has 1 aromatic carbocycles. The second kappa shape index (κ2) is 7.42. The summed E-state index contributed by atoms with van der Waals surface area (Å²) in [6.45, 7) is 0.396. The molecule has 2 aromatic heterocycles. The van der Waals surface area contributed by atoms with Crippen LogP contribution in [-0.4, -0.2) is 27.3 Å². The van der Waals surface area contributed by atoms with Gasteiger partial charge in [-0.05, 0) is 23.4 Å². The van der Waals surface area contributed by atoms with E-state index in [2.05, 4.69) is 10.4 Å². The first-order chi connectivity index (χ1) is 11.6. The van der Waals surface area contributed by atoms with Gasteiger partial charge in [0.1, 0.15) is 5.69 Å². The predicted octanol–water partition coefficient (Wildman–Crippen LogP) is 3.00. The van der Waals surface area contributed by atoms with Gasteiger partial charge in [0, 0.05) is 19.8 Å². The summed E-state index contributed by atoms with van der Waals surface area (Å²) in [6.07, 6.45) is 1.60. The zero-order chi connectivity index (χ0) is 16.9. The molecule has 3 aromatic rings. The van der Waals surface area contributed by atoms with E-state index in [1.165, 1.54) is 0 Å². The Morgan fingerprint density at radius 3 is 2.79 bits per heavy atom. The third-order valence-corrected chi connectivity index (χ3v) is 4.59. The van der Waals surface area contributed by atoms with E-state index in [9.17, 15) is 9.90 Å². The van der Waals surface area contributed by atoms with Crippen molar-refractivity contribution in [1.82, 2.24) is 15.1 Å². The van der Waals surface area contributed by atoms with Crippen LogP contribution in [0.3, 0.4) is 0 Å². The average Bonchev–Trinajstić information content (AvgIpc) is 3.24. The molecule has 0 radical (unpaired) electrons. The number of aromatic nitrogens is 2. The summed E-state index contributed by atoms with van der Waals surface area (Å²) in [4.78, 5) is 13.4. The van der Waals surface area contributed by atoms with Crippen LogP contribution in [0.5, 0.6) is 0 Å². The molecule has 6 heteroatoms. The summed E-state index contributed by atoms with van der Waals surface area (Å²) in [6, 6.07) is 13.3. The standard InChI is InChI=1S/C18H19N3O2S/c1-21-12-14(17(20-21)16-8-5-11-24-16)18(23)19-10-9-15(22)13-6-3-2-4-7-13/h2-8,11-12,15,22H,9-10H2,1H3,(H,19,23). The molecule has 0 spiro atoms. The fourth-order valence-corrected chi connectivity index (χ4v) is 3.23. The number of hydrogen-bond donors (Lipinski definition) is 2. The smallest absolute Gasteiger partial charge is 0.255 e. The Balaban J connectivity index is 1.62. The molecule has 0 aliphatic rings. The van der Waals surface area contributed by atoms with Gasteiger partial charge >= 0.3 is 0 Å². The minimum Gasteiger partial charge on any atom is -0.388 e. The van der Waals surface area contributed by atoms with Crippen molar-refractivity contribution in [3.63, 3.8) is 0 Å². The molecule has 0 saturated heterocycles. The van der Waals surface area contributed by atoms with E-state index in [1.54, 1.807) is 29.3 Å². The molecule has 0 aliphatic carbocycles. The quantitative estimate of drug-likeness (QED) is 0.724. The second-order valence-corrected chi connectivity index (χ2v) is 6.46. The summed E-state index contributed by atoms with van der Waals surface area (Å²) >= 11 is 1.55. The van der Waals surface area contributed by atoms with Gasteiger partial charge in [0.25, 0.3) is 5.91 Å². The summed E-state index contributed by atoms with van der Waals surface area (Å²) in [7, 11) is 1.80. The molecule has 1 amide bonds. The van der Waals surface area contributed by atoms with Crippen molar-refractivity contribution in [2.24, 2.45) is 7.05 Å². The highest BCUT2D eigenvalue weighted by Gasteiger charge is 2.18. The van der Waals surface area contributed by atoms with E-state index in [1.807, 2.05) is 47.8 Å². The molecular weight excluding hydrogens is 322 g/mol. The third-order valence-electron chi connectivity index (χ3n) is 3.72. The van der Waals surface area contributed by atoms with Gasteiger partial charge in [0.2, 0.25) is 0 Å². The van der Waals surface area contributed by atoms with Crippen molar-refractivity contribution in [1.29, 1.82) is 0 Å². The van der Waals surface area contributed by atoms with Gasteiger partial charge in [-0.2, -0.15) is 5.10 Å². The molecule has 1 atom stereocenters. The van der Waals surface area contributed by atoms with Crippen molar-refractivity contribution < 1.29 is 9.90 Å². The van der Waals surface area contributed by atoms with Gasteiger partial charge in [-0.1, -0.05) is 36.4 Å². The molecule has 5 nitrogen and oxygen atoms in total. The van der Waals surface area contributed by atoms with Crippen LogP contribution in [0.25, 0.3) is 10.6 Å². The fraction of sp³-hybridized carbons (Fsp3) is 0.222. The summed E-state index contributed by atoms with van der Waals surface area (Å²) in [5.74, 6) is -0.174. The lowest BCUT2D eigenvalue weighted by atomic mass is 10.1. The van der Waals surface area contributed by atoms with Crippen LogP contribution in [0.4, 0.5) is 0 Å². The number of aliphatic hydroxyl groups is 1. The minimum absolute atomic E-state index is 0.174. The molecule has 2 N–H and O–H groups in total. The van der Waals surface area contributed by atoms with Gasteiger partial charge in [-0.25, -0.2) is 0 Å². The van der Waals surface area contributed by atoms with Gasteiger partial charge in [-0.3, -0.25) is 9.48 Å². The highest BCUT2D eigenvalue weighted by Crippen LogP contribution is 2.26. The minimum atomic E-state index is -0.586. The molecular formula is C18H19N3O2S. The molecule has 3 rings (SSSR count). The molecule has 2 heterocycles. The van der Waals surface area contributed by atoms with Crippen molar-refractivity contribution >= 4 is 17.2 Å². The Morgan fingerprint density at radius 2 is 2.08 bits per heavy atom. The second-order valence-electron chi connectivity index (χ2n) is 5.51. The SMILES string of the molecule is Cn1cc(C(=O)NCCC(O)c2ccccc2)c(-c2cccs2)n1. The number of aryl methyl sites for hydroxylation is 1. The van der Waals surface area contributed by atoms with Crippen LogP contribution >= 0.6 is 11.3 Å². The fourth-order valence-electron chi connectivity index (χ4n) is 2.51. The van der Waals surface area contributed by atoms with Crippen LogP contribution in [0.1, 0.15) is 28.4 Å². The maximum absolute atomic E-state index is 12.5. The van der Waals surface area contributed by atoms with Crippen molar-refractivity contribution in [3.8, 4) is 10.6 Å². The van der Waals surface area contributed by atoms with Gasteiger partial charge < -0.3 is 10.4 Å². The van der Waals surface area contributed by atoms with E-state index >= 15 is 0 Å². The summed E-state index contributed by atoms with van der Waals surface area (Å²) < 4.78 is 1.64. The maximum Gasteiger partial charge on any atom is 0.255 e. The summed E-state index contributed by atoms with van der Waals surface area (Å²) in [5.41, 5.74) is 2.09. The first-order valence-corrected chi connectivity index (χ1v) is 8.62. The average molecular weight is 341 g/mol. The van der Waals surface area contributed by atoms with E-state index in [0.717, 1.165) is 10.4 Å². The number of rotatable bonds is 6. The Morgan fingerprint density at radius 1 is 1.29 bits per heavy atom. The number of benzene rings is 1. The van der Waals surface area contributed by atoms with Gasteiger partial charge in [0.05, 0.1) is 16.5 Å². The lowest BCUT2D eigenvalue weighted by Crippen LogP contribution is -2.25. The van der Waals surface area contributed by atoms with E-state index < -0.39 is 6.10 Å². The van der Waals surface area contributed by atoms with Crippen LogP contribution in [-0.2, 0) is 7.05 Å². The normalized spacial score (nSPS) is 12.1. The van der Waals surface area contributed by atoms with Crippen LogP contribution in [0.2, 0.25) is 0 Å². The van der Waals surface area contributed by atoms with Gasteiger partial charge in [-0.15, -0.1) is 11.3 Å². The van der Waals surface area contributed by atoms with Crippen molar-refractivity contribution in [2.45, 2.75) is 12.5 Å². The number of hydrogen-bond acceptors (Lipinski definition) is 4. The number of nitrogens with one attached hydrogen (secondary N) is 1. The third kappa shape index (κ3) is 3.72. The first kappa shape index (κ1) is 16.4. The van der Waals surface area contributed by atoms with E-state index in [-0.39, 0.29) is 5.91 Å². The topological polar surface area (TPSA) is 67.2 Å². The van der Waals surface area contributed by atoms with Gasteiger partial charge in [0.15, 0.2) is 0 Å². The zero-order valence-corrected chi connectivity index (χ0v) is 14.2. The number of thiophene rings is 1. The number of amides is 1. The monoisotopic (exact) mass is 341 g/mol. The molecule has 0 aliphatic heterocycles. The Labute approximate surface area is 144 Å². The number of nitrogens with zero attached hydrogens (tertiary/aromatic N) is 2. The van der Waals surface area contributed by atoms with Crippen molar-refractivity contribution in [3.05, 3.63) is 65.2 Å². The number of aliphatic hydroxyl groups excluding tert-OH is 1. The van der Waals surface area contributed by atoms with Crippen molar-refractivity contribution in [2.75, 3.05) is 6.54 Å². The largest absolute Gasteiger partial charge is 0.388 e. The van der Waals surface area contributed by atoms with Crippen LogP contribution in [0.15, 0.2) is 54.0 Å². The highest BCUT2D eigenvalue weighted by molar-refractivity contribution is 7.13. The first-order valence-electron chi connectivity index (χ1n) is 7.74. The molecule has 0 bridgehead atoms. The molecule has 124 valence electrons. The highest BCUT2D eigenvalue weighted by atomic mass is 32.1. The maximum atomic E-state index is 12.5. The van der Waals surface area contributed by atoms with E-state index in [4.69, 9.17) is 0 Å². The Kier molecular flexibility index (Phi) is 5.08. The predicted molar refractivity (Wildman–Crippen MR) is 94.9 cm³/mol. The zero-order valence-electron chi connectivity index (χ0n) is 13.3. The molecule has 0 saturated carbocycles.